The first-order chi connectivity index (χ1) is 9.58. The highest BCUT2D eigenvalue weighted by molar-refractivity contribution is 6.57. The molecule has 118 valence electrons. The minimum absolute atomic E-state index is 0.153. The Labute approximate surface area is 126 Å². The fraction of sp³-hybridized carbons (Fsp3) is 0.533. The van der Waals surface area contributed by atoms with Crippen LogP contribution in [0.3, 0.4) is 0 Å². The van der Waals surface area contributed by atoms with Gasteiger partial charge in [-0.1, -0.05) is 19.2 Å². The fourth-order valence-corrected chi connectivity index (χ4v) is 3.03. The molecule has 1 rings (SSSR count). The van der Waals surface area contributed by atoms with Crippen LogP contribution in [0.1, 0.15) is 26.3 Å². The molecule has 1 amide bonds. The molecule has 1 aromatic rings. The Hall–Kier alpha value is -1.43. The molecule has 0 fully saturated rings. The third-order valence-electron chi connectivity index (χ3n) is 2.96. The summed E-state index contributed by atoms with van der Waals surface area (Å²) < 4.78 is 31.9. The van der Waals surface area contributed by atoms with Crippen LogP contribution in [0.15, 0.2) is 18.2 Å². The maximum Gasteiger partial charge on any atom is 0.407 e. The van der Waals surface area contributed by atoms with Gasteiger partial charge < -0.3 is 10.1 Å². The number of hydrogen-bond acceptors (Lipinski definition) is 2. The lowest BCUT2D eigenvalue weighted by atomic mass is 10.1. The van der Waals surface area contributed by atoms with E-state index in [9.17, 15) is 13.6 Å². The van der Waals surface area contributed by atoms with E-state index in [1.807, 2.05) is 0 Å². The second-order valence-corrected chi connectivity index (χ2v) is 9.73. The molecule has 0 aliphatic carbocycles. The largest absolute Gasteiger partial charge is 0.444 e. The molecule has 0 radical (unpaired) electrons. The standard InChI is InChI=1S/C15H23F2NO2Si/c1-15(2,3)20-14(19)18-13(21(4)5)8-10-6-7-11(16)9-12(10)17/h6-7,9,13,21H,8H2,1-5H3,(H,18,19). The Balaban J connectivity index is 2.76. The molecule has 0 aromatic heterocycles. The minimum atomic E-state index is -1.28. The number of carbonyl (C=O) groups is 1. The molecular weight excluding hydrogens is 292 g/mol. The lowest BCUT2D eigenvalue weighted by molar-refractivity contribution is 0.0519. The topological polar surface area (TPSA) is 38.3 Å². The molecule has 0 aliphatic heterocycles. The number of amides is 1. The van der Waals surface area contributed by atoms with Crippen LogP contribution in [0.2, 0.25) is 13.1 Å². The van der Waals surface area contributed by atoms with E-state index in [2.05, 4.69) is 18.4 Å². The van der Waals surface area contributed by atoms with Crippen LogP contribution >= 0.6 is 0 Å². The van der Waals surface area contributed by atoms with Crippen molar-refractivity contribution in [3.8, 4) is 0 Å². The lowest BCUT2D eigenvalue weighted by Crippen LogP contribution is -2.46. The number of nitrogens with one attached hydrogen (secondary N) is 1. The highest BCUT2D eigenvalue weighted by Gasteiger charge is 2.23. The van der Waals surface area contributed by atoms with Crippen molar-refractivity contribution < 1.29 is 18.3 Å². The molecule has 0 bridgehead atoms. The SMILES string of the molecule is C[SiH](C)C(Cc1ccc(F)cc1F)NC(=O)OC(C)(C)C. The van der Waals surface area contributed by atoms with Gasteiger partial charge in [-0.2, -0.15) is 0 Å². The summed E-state index contributed by atoms with van der Waals surface area (Å²) in [5.74, 6) is -1.18. The maximum atomic E-state index is 13.7. The first kappa shape index (κ1) is 17.6. The molecule has 0 aliphatic rings. The second-order valence-electron chi connectivity index (χ2n) is 6.44. The molecule has 1 unspecified atom stereocenters. The van der Waals surface area contributed by atoms with Gasteiger partial charge in [-0.3, -0.25) is 0 Å². The molecule has 0 heterocycles. The smallest absolute Gasteiger partial charge is 0.407 e. The van der Waals surface area contributed by atoms with Gasteiger partial charge in [-0.25, -0.2) is 13.6 Å². The number of halogens is 2. The van der Waals surface area contributed by atoms with E-state index in [0.29, 0.717) is 12.0 Å². The summed E-state index contributed by atoms with van der Waals surface area (Å²) in [7, 11) is -1.28. The van der Waals surface area contributed by atoms with Crippen LogP contribution < -0.4 is 5.32 Å². The molecule has 0 saturated heterocycles. The van der Waals surface area contributed by atoms with Crippen LogP contribution in [0.25, 0.3) is 0 Å². The fourth-order valence-electron chi connectivity index (χ4n) is 1.84. The van der Waals surface area contributed by atoms with E-state index < -0.39 is 32.1 Å². The molecule has 1 aromatic carbocycles. The van der Waals surface area contributed by atoms with Crippen LogP contribution in [0.5, 0.6) is 0 Å². The molecule has 0 spiro atoms. The first-order valence-electron chi connectivity index (χ1n) is 7.02. The van der Waals surface area contributed by atoms with Crippen molar-refractivity contribution in [3.63, 3.8) is 0 Å². The van der Waals surface area contributed by atoms with Gasteiger partial charge in [0.15, 0.2) is 0 Å². The molecule has 3 nitrogen and oxygen atoms in total. The minimum Gasteiger partial charge on any atom is -0.444 e. The van der Waals surface area contributed by atoms with Gasteiger partial charge in [0.25, 0.3) is 0 Å². The summed E-state index contributed by atoms with van der Waals surface area (Å²) in [6.45, 7) is 9.48. The van der Waals surface area contributed by atoms with Crippen LogP contribution in [0, 0.1) is 11.6 Å². The number of hydrogen-bond donors (Lipinski definition) is 1. The van der Waals surface area contributed by atoms with E-state index in [4.69, 9.17) is 4.74 Å². The third-order valence-corrected chi connectivity index (χ3v) is 4.97. The van der Waals surface area contributed by atoms with Crippen molar-refractivity contribution in [1.82, 2.24) is 5.32 Å². The number of alkyl carbamates (subject to hydrolysis) is 1. The van der Waals surface area contributed by atoms with Crippen molar-refractivity contribution in [3.05, 3.63) is 35.4 Å². The van der Waals surface area contributed by atoms with Gasteiger partial charge in [0, 0.05) is 11.7 Å². The Morgan fingerprint density at radius 1 is 1.33 bits per heavy atom. The highest BCUT2D eigenvalue weighted by Crippen LogP contribution is 2.14. The quantitative estimate of drug-likeness (QED) is 0.865. The average molecular weight is 315 g/mol. The Kier molecular flexibility index (Phi) is 5.89. The molecular formula is C15H23F2NO2Si. The molecule has 1 atom stereocenters. The van der Waals surface area contributed by atoms with E-state index in [-0.39, 0.29) is 5.67 Å². The average Bonchev–Trinajstić information content (AvgIpc) is 2.28. The normalized spacial score (nSPS) is 13.1. The van der Waals surface area contributed by atoms with Gasteiger partial charge in [0.1, 0.15) is 17.2 Å². The van der Waals surface area contributed by atoms with E-state index in [1.165, 1.54) is 12.1 Å². The zero-order valence-corrected chi connectivity index (χ0v) is 14.3. The van der Waals surface area contributed by atoms with Crippen LogP contribution in [-0.4, -0.2) is 26.2 Å². The summed E-state index contributed by atoms with van der Waals surface area (Å²) in [4.78, 5) is 11.8. The van der Waals surface area contributed by atoms with Gasteiger partial charge in [0.05, 0.1) is 8.80 Å². The number of benzene rings is 1. The van der Waals surface area contributed by atoms with E-state index >= 15 is 0 Å². The first-order valence-corrected chi connectivity index (χ1v) is 9.99. The molecule has 21 heavy (non-hydrogen) atoms. The number of ether oxygens (including phenoxy) is 1. The van der Waals surface area contributed by atoms with Crippen molar-refractivity contribution in [2.24, 2.45) is 0 Å². The predicted octanol–water partition coefficient (Wildman–Crippen LogP) is 3.43. The lowest BCUT2D eigenvalue weighted by Gasteiger charge is -2.25. The van der Waals surface area contributed by atoms with Crippen molar-refractivity contribution >= 4 is 14.9 Å². The Morgan fingerprint density at radius 3 is 2.43 bits per heavy atom. The summed E-state index contributed by atoms with van der Waals surface area (Å²) >= 11 is 0. The number of rotatable bonds is 4. The monoisotopic (exact) mass is 315 g/mol. The Bertz CT molecular complexity index is 501. The zero-order chi connectivity index (χ0) is 16.2. The van der Waals surface area contributed by atoms with Gasteiger partial charge in [-0.15, -0.1) is 0 Å². The van der Waals surface area contributed by atoms with Crippen molar-refractivity contribution in [2.75, 3.05) is 0 Å². The highest BCUT2D eigenvalue weighted by atomic mass is 28.3. The molecule has 0 saturated carbocycles. The number of carbonyl (C=O) groups excluding carboxylic acids is 1. The Morgan fingerprint density at radius 2 is 1.95 bits per heavy atom. The van der Waals surface area contributed by atoms with Crippen molar-refractivity contribution in [2.45, 2.75) is 51.6 Å². The third kappa shape index (κ3) is 6.24. The summed E-state index contributed by atoms with van der Waals surface area (Å²) in [5.41, 5.74) is -0.327. The maximum absolute atomic E-state index is 13.7. The van der Waals surface area contributed by atoms with Gasteiger partial charge in [-0.05, 0) is 38.8 Å². The summed E-state index contributed by atoms with van der Waals surface area (Å²) in [5, 5.41) is 2.80. The van der Waals surface area contributed by atoms with Gasteiger partial charge >= 0.3 is 6.09 Å². The second kappa shape index (κ2) is 7.02. The van der Waals surface area contributed by atoms with E-state index in [0.717, 1.165) is 6.07 Å². The predicted molar refractivity (Wildman–Crippen MR) is 82.1 cm³/mol. The summed E-state index contributed by atoms with van der Waals surface area (Å²) in [6, 6.07) is 3.51. The van der Waals surface area contributed by atoms with E-state index in [1.54, 1.807) is 20.8 Å². The van der Waals surface area contributed by atoms with Crippen LogP contribution in [0.4, 0.5) is 13.6 Å². The molecule has 1 N–H and O–H groups in total. The summed E-state index contributed by atoms with van der Waals surface area (Å²) in [6.07, 6.45) is -0.161. The van der Waals surface area contributed by atoms with Crippen LogP contribution in [-0.2, 0) is 11.2 Å². The molecule has 6 heteroatoms. The van der Waals surface area contributed by atoms with Gasteiger partial charge in [0.2, 0.25) is 0 Å². The van der Waals surface area contributed by atoms with Crippen molar-refractivity contribution in [1.29, 1.82) is 0 Å². The zero-order valence-electron chi connectivity index (χ0n) is 13.2.